The summed E-state index contributed by atoms with van der Waals surface area (Å²) in [6.45, 7) is 14.5. The third-order valence-corrected chi connectivity index (χ3v) is 27.2. The summed E-state index contributed by atoms with van der Waals surface area (Å²) in [6.07, 6.45) is -5.63. The molecular weight excluding hydrogens is 1890 g/mol. The SMILES string of the molecule is CCCC(=O)OCN(C(=O)[C@@H](NC(=O)[C@H]1CCCCN1C)C(C)CC)[C@H](C[C@@H](OC(C)=O)c1nc(C(=O)N[C@@H](Cc2ccc(O)cc2)C[C@H](C)C(=O)NNC(=O)OCCSSC(C)(C)[C@@H](CC(=O)[C@@H](CC(=O)O)NC(=O)[C@@H](CC(=O)O)CC(=O)[C@@H](CCCNC(=N)N)NC(=O)[C@@H](CC(=O)O)CC(=O)CC[C@@H](NC(=O)c2ccc(NCc3cnc4nc(N)[nH]c(=O)c4n3)cc2)C(=O)O)C(=O)O)cs1)C(C)C.[2HH].[2HH].[2HH].[2HH].[2HH].[2HH]. The van der Waals surface area contributed by atoms with Gasteiger partial charge in [0.1, 0.15) is 40.9 Å². The van der Waals surface area contributed by atoms with Crippen LogP contribution in [0.1, 0.15) is 230 Å². The number of fused-ring (bicyclic) bond motifs is 1. The van der Waals surface area contributed by atoms with Crippen molar-refractivity contribution in [1.29, 1.82) is 5.41 Å². The fourth-order valence-electron chi connectivity index (χ4n) is 15.1. The second-order valence-electron chi connectivity index (χ2n) is 34.8. The molecule has 0 radical (unpaired) electrons. The van der Waals surface area contributed by atoms with E-state index in [2.05, 4.69) is 73.0 Å². The molecule has 1 fully saturated rings. The molecule has 140 heavy (non-hydrogen) atoms. The van der Waals surface area contributed by atoms with E-state index in [1.807, 2.05) is 39.6 Å². The monoisotopic (exact) mass is 2030 g/mol. The number of hydrogen-bond donors (Lipinski definition) is 19. The molecule has 8 amide bonds. The number of nitrogens with two attached hydrogens (primary N) is 2. The average molecular weight is 2040 g/mol. The lowest BCUT2D eigenvalue weighted by Gasteiger charge is -2.39. The Morgan fingerprint density at radius 1 is 0.729 bits per heavy atom. The highest BCUT2D eigenvalue weighted by Crippen LogP contribution is 2.43. The zero-order chi connectivity index (χ0) is 104. The third kappa shape index (κ3) is 38.3. The van der Waals surface area contributed by atoms with Gasteiger partial charge < -0.3 is 98.4 Å². The average Bonchev–Trinajstić information content (AvgIpc) is 1.69. The summed E-state index contributed by atoms with van der Waals surface area (Å²) in [5.74, 6) is -26.2. The van der Waals surface area contributed by atoms with E-state index in [0.29, 0.717) is 42.8 Å². The summed E-state index contributed by atoms with van der Waals surface area (Å²) in [5, 5.41) is 87.9. The molecule has 0 bridgehead atoms. The number of esters is 2. The normalized spacial score (nSPS) is 15.2. The molecule has 2 aromatic carbocycles. The number of nitrogens with zero attached hydrogens (tertiary/aromatic N) is 6. The number of benzene rings is 2. The number of carbonyl (C=O) groups is 18. The Hall–Kier alpha value is -13.5. The first kappa shape index (κ1) is 115. The van der Waals surface area contributed by atoms with Crippen LogP contribution >= 0.6 is 32.9 Å². The van der Waals surface area contributed by atoms with Crippen molar-refractivity contribution in [3.63, 3.8) is 0 Å². The molecule has 0 saturated carbocycles. The standard InChI is InChI=1S/C90H125N19O28S3.6H2/c1-11-16-72(121)136-45-109(84(129)73(47(5)12-2)103-81(127)64-18-13-14-30-108(64)10)65(46(3)4)41-68(137-49(7)110)83-102-63(44-138-83)80(126)98-55(34-50-19-25-57(111)26-20-50)33-48(6)76(122)106-107-89(134)135-31-32-139-140-90(8,9)59(85(130)131)39-67(114)62(40-71(119)120)101-79(125)53(38-70(117)118)36-66(113)60(17-15-29-94-87(91)92)99-78(124)52(37-69(115)116)35-58(112)27-28-61(86(132)133)100-77(123)51-21-23-54(24-22-51)95-42-56-43-96-75-74(97-56)82(128)105-88(93)104-75;;;;;;/h19-26,43-44,46-48,52-53,55,59-62,64-65,68,73,95,111H,11-18,27-42,45H2,1-10H3,(H,98,126)(H,99,124)(H,100,123)(H,101,125)(H,103,127)(H,106,122)(H,107,134)(H,115,116)(H,117,118)(H,119,120)(H,130,131)(H,132,133)(H4,91,92,94)(H3,93,96,104,105,128);6*1H/t47?,48-,52+,53+,55+,59-,60+,61+,62+,64+,65+,68+,73-;;;;;;/m0....../s1/i;6*1+1. The molecule has 778 valence electrons. The number of piperidine rings is 1. The van der Waals surface area contributed by atoms with Gasteiger partial charge >= 0.3 is 47.9 Å². The van der Waals surface area contributed by atoms with Gasteiger partial charge in [-0.1, -0.05) is 88.1 Å². The number of ketones is 3. The number of likely N-dealkylation sites (tertiary alicyclic amines) is 1. The van der Waals surface area contributed by atoms with Gasteiger partial charge in [-0.3, -0.25) is 102 Å². The van der Waals surface area contributed by atoms with Crippen molar-refractivity contribution in [1.82, 2.24) is 77.5 Å². The topological polar surface area (TPSA) is 731 Å². The molecule has 1 unspecified atom stereocenters. The van der Waals surface area contributed by atoms with Gasteiger partial charge in [0.25, 0.3) is 17.4 Å². The van der Waals surface area contributed by atoms with Crippen LogP contribution in [0.25, 0.3) is 11.2 Å². The van der Waals surface area contributed by atoms with Gasteiger partial charge in [0.15, 0.2) is 41.5 Å². The van der Waals surface area contributed by atoms with Gasteiger partial charge in [0.2, 0.25) is 35.5 Å². The molecule has 5 aromatic rings. The van der Waals surface area contributed by atoms with Crippen LogP contribution < -0.4 is 65.1 Å². The third-order valence-electron chi connectivity index (χ3n) is 23.0. The molecular formula is C90H137N19O28S3. The first-order valence-electron chi connectivity index (χ1n) is 45.3. The van der Waals surface area contributed by atoms with Crippen LogP contribution in [0.15, 0.2) is 64.9 Å². The second kappa shape index (κ2) is 56.5. The summed E-state index contributed by atoms with van der Waals surface area (Å²) < 4.78 is 15.4. The smallest absolute Gasteiger partial charge is 0.426 e. The number of hydrogen-bond acceptors (Lipinski definition) is 34. The first-order chi connectivity index (χ1) is 66.1. The molecule has 0 aliphatic carbocycles. The molecule has 1 aliphatic heterocycles. The number of ether oxygens (including phenoxy) is 3. The predicted molar refractivity (Wildman–Crippen MR) is 522 cm³/mol. The number of anilines is 2. The fourth-order valence-corrected chi connectivity index (χ4v) is 18.5. The number of nitrogens with one attached hydrogen (secondary N) is 11. The summed E-state index contributed by atoms with van der Waals surface area (Å²) in [4.78, 5) is 277. The van der Waals surface area contributed by atoms with Crippen LogP contribution in [-0.2, 0) is 99.1 Å². The number of aliphatic carboxylic acids is 5. The Bertz CT molecular complexity index is 5310. The zero-order valence-electron chi connectivity index (χ0n) is 79.3. The highest BCUT2D eigenvalue weighted by molar-refractivity contribution is 8.77. The van der Waals surface area contributed by atoms with Crippen molar-refractivity contribution in [3.8, 4) is 5.75 Å². The molecule has 21 N–H and O–H groups in total. The lowest BCUT2D eigenvalue weighted by atomic mass is 9.87. The van der Waals surface area contributed by atoms with Crippen molar-refractivity contribution in [2.45, 2.75) is 244 Å². The summed E-state index contributed by atoms with van der Waals surface area (Å²) >= 11 is 0.988. The fraction of sp³-hybridized carbons (Fsp3) is 0.556. The minimum absolute atomic E-state index is 0. The number of carboxylic acid groups (broad SMARTS) is 5. The largest absolute Gasteiger partial charge is 0.508 e. The number of guanidine groups is 1. The van der Waals surface area contributed by atoms with Crippen molar-refractivity contribution < 1.29 is 140 Å². The van der Waals surface area contributed by atoms with E-state index in [-0.39, 0.29) is 129 Å². The van der Waals surface area contributed by atoms with E-state index in [0.717, 1.165) is 45.8 Å². The minimum atomic E-state index is -2.06. The Kier molecular flexibility index (Phi) is 46.5. The number of carboxylic acids is 5. The number of H-pyrrole nitrogens is 1. The zero-order valence-corrected chi connectivity index (χ0v) is 81.7. The molecule has 50 heteroatoms. The van der Waals surface area contributed by atoms with Crippen LogP contribution in [-0.4, -0.2) is 264 Å². The summed E-state index contributed by atoms with van der Waals surface area (Å²) in [7, 11) is 3.72. The molecule has 0 spiro atoms. The van der Waals surface area contributed by atoms with Crippen LogP contribution in [0.3, 0.4) is 0 Å². The Balaban J connectivity index is 0.0000350. The molecule has 3 aromatic heterocycles. The maximum absolute atomic E-state index is 15.1. The van der Waals surface area contributed by atoms with Crippen LogP contribution in [0.2, 0.25) is 0 Å². The van der Waals surface area contributed by atoms with E-state index in [9.17, 15) is 117 Å². The first-order valence-corrected chi connectivity index (χ1v) is 48.5. The number of phenols is 1. The van der Waals surface area contributed by atoms with Gasteiger partial charge in [-0.15, -0.1) is 11.3 Å². The predicted octanol–water partition coefficient (Wildman–Crippen LogP) is 6.12. The maximum Gasteiger partial charge on any atom is 0.426 e. The highest BCUT2D eigenvalue weighted by Gasteiger charge is 2.44. The number of likely N-dealkylation sites (N-methyl/N-ethyl adjacent to an activating group) is 1. The number of carbonyl (C=O) groups excluding carboxylic acids is 13. The molecule has 4 heterocycles. The lowest BCUT2D eigenvalue weighted by molar-refractivity contribution is -0.161. The number of rotatable bonds is 60. The number of hydrazine groups is 1. The van der Waals surface area contributed by atoms with Crippen molar-refractivity contribution in [2.75, 3.05) is 50.3 Å². The van der Waals surface area contributed by atoms with E-state index in [4.69, 9.17) is 31.1 Å². The summed E-state index contributed by atoms with van der Waals surface area (Å²) in [6, 6.07) is 3.05. The maximum atomic E-state index is 15.1. The van der Waals surface area contributed by atoms with Gasteiger partial charge in [-0.25, -0.2) is 30.0 Å². The number of amides is 8. The van der Waals surface area contributed by atoms with E-state index in [1.165, 1.54) is 80.6 Å². The van der Waals surface area contributed by atoms with E-state index < -0.39 is 247 Å². The van der Waals surface area contributed by atoms with Gasteiger partial charge in [-0.2, -0.15) is 4.98 Å². The molecule has 47 nitrogen and oxygen atoms in total. The molecule has 1 saturated heterocycles. The highest BCUT2D eigenvalue weighted by atomic mass is 33.1. The van der Waals surface area contributed by atoms with Gasteiger partial charge in [0, 0.05) is 106 Å². The Morgan fingerprint density at radius 3 is 1.99 bits per heavy atom. The number of aromatic amines is 1. The van der Waals surface area contributed by atoms with Crippen molar-refractivity contribution in [2.24, 2.45) is 41.2 Å². The molecule has 13 atom stereocenters. The number of aromatic nitrogens is 5. The van der Waals surface area contributed by atoms with E-state index in [1.54, 1.807) is 19.1 Å². The Labute approximate surface area is 826 Å². The minimum Gasteiger partial charge on any atom is -0.508 e. The second-order valence-corrected chi connectivity index (χ2v) is 38.8. The Morgan fingerprint density at radius 2 is 1.38 bits per heavy atom. The van der Waals surface area contributed by atoms with Crippen molar-refractivity contribution >= 4 is 168 Å². The molecule has 1 aliphatic rings. The van der Waals surface area contributed by atoms with Crippen LogP contribution in [0, 0.1) is 40.9 Å². The van der Waals surface area contributed by atoms with E-state index >= 15 is 4.79 Å². The van der Waals surface area contributed by atoms with Crippen LogP contribution in [0.5, 0.6) is 5.75 Å². The van der Waals surface area contributed by atoms with Gasteiger partial charge in [-0.05, 0) is 133 Å². The van der Waals surface area contributed by atoms with Crippen LogP contribution in [0.4, 0.5) is 16.4 Å². The number of aromatic hydroxyl groups is 1. The van der Waals surface area contributed by atoms with Crippen molar-refractivity contribution in [3.05, 3.63) is 98.0 Å². The lowest BCUT2D eigenvalue weighted by Crippen LogP contribution is -2.59. The number of Topliss-reactive ketones (excluding diaryl/α,β-unsaturated/α-hetero) is 3. The quantitative estimate of drug-likeness (QED) is 0.00304. The summed E-state index contributed by atoms with van der Waals surface area (Å²) in [5.41, 5.74) is 16.1. The molecule has 6 rings (SSSR count). The number of thiazole rings is 1. The number of phenolic OH excluding ortho intramolecular Hbond substituents is 1. The number of nitrogen functional groups attached to an aromatic ring is 1. The van der Waals surface area contributed by atoms with Gasteiger partial charge in [0.05, 0.1) is 73.6 Å².